The molecule has 0 atom stereocenters. The summed E-state index contributed by atoms with van der Waals surface area (Å²) in [5, 5.41) is 0. The number of hydrogen-bond acceptors (Lipinski definition) is 3. The molecule has 0 unspecified atom stereocenters. The second-order valence-corrected chi connectivity index (χ2v) is 6.15. The van der Waals surface area contributed by atoms with Crippen molar-refractivity contribution in [3.8, 4) is 0 Å². The van der Waals surface area contributed by atoms with Gasteiger partial charge < -0.3 is 15.5 Å². The van der Waals surface area contributed by atoms with Crippen LogP contribution in [0.15, 0.2) is 12.4 Å². The Balaban J connectivity index is 0.000000331. The molecule has 0 amide bonds. The van der Waals surface area contributed by atoms with Crippen molar-refractivity contribution < 1.29 is 0 Å². The van der Waals surface area contributed by atoms with Crippen molar-refractivity contribution in [2.75, 3.05) is 33.2 Å². The summed E-state index contributed by atoms with van der Waals surface area (Å²) in [6, 6.07) is 0. The molecule has 0 saturated carbocycles. The van der Waals surface area contributed by atoms with Gasteiger partial charge in [0.05, 0.1) is 5.82 Å². The molecule has 0 aromatic heterocycles. The molecule has 2 aliphatic rings. The monoisotopic (exact) mass is 269 g/mol. The van der Waals surface area contributed by atoms with Gasteiger partial charge in [0.15, 0.2) is 0 Å². The SMILES string of the molecule is C.C=C(N)N1CCC(C)CC1.CC1CCN(C)CC1. The lowest BCUT2D eigenvalue weighted by molar-refractivity contribution is 0.230. The molecule has 2 fully saturated rings. The first-order valence-corrected chi connectivity index (χ1v) is 7.37. The van der Waals surface area contributed by atoms with E-state index in [1.54, 1.807) is 0 Å². The number of nitrogens with zero attached hydrogens (tertiary/aromatic N) is 2. The molecule has 2 saturated heterocycles. The number of nitrogens with two attached hydrogens (primary N) is 1. The molecule has 0 aliphatic carbocycles. The van der Waals surface area contributed by atoms with Crippen LogP contribution in [0.1, 0.15) is 47.0 Å². The molecule has 3 heteroatoms. The van der Waals surface area contributed by atoms with Crippen LogP contribution in [0.5, 0.6) is 0 Å². The van der Waals surface area contributed by atoms with Gasteiger partial charge in [-0.25, -0.2) is 0 Å². The summed E-state index contributed by atoms with van der Waals surface area (Å²) in [5.74, 6) is 2.58. The number of hydrogen-bond donors (Lipinski definition) is 1. The van der Waals surface area contributed by atoms with Gasteiger partial charge in [0.1, 0.15) is 0 Å². The number of rotatable bonds is 1. The van der Waals surface area contributed by atoms with Crippen molar-refractivity contribution in [2.45, 2.75) is 47.0 Å². The Hall–Kier alpha value is -0.700. The van der Waals surface area contributed by atoms with Gasteiger partial charge in [0.2, 0.25) is 0 Å². The molecular formula is C16H35N3. The Morgan fingerprint density at radius 2 is 1.32 bits per heavy atom. The van der Waals surface area contributed by atoms with Crippen LogP contribution in [-0.2, 0) is 0 Å². The number of likely N-dealkylation sites (tertiary alicyclic amines) is 2. The lowest BCUT2D eigenvalue weighted by Gasteiger charge is -2.31. The Morgan fingerprint density at radius 1 is 0.947 bits per heavy atom. The highest BCUT2D eigenvalue weighted by Gasteiger charge is 2.14. The van der Waals surface area contributed by atoms with Gasteiger partial charge >= 0.3 is 0 Å². The Labute approximate surface area is 120 Å². The summed E-state index contributed by atoms with van der Waals surface area (Å²) in [6.07, 6.45) is 5.32. The zero-order valence-corrected chi connectivity index (χ0v) is 12.5. The first-order valence-electron chi connectivity index (χ1n) is 7.37. The van der Waals surface area contributed by atoms with Crippen molar-refractivity contribution in [3.05, 3.63) is 12.4 Å². The minimum Gasteiger partial charge on any atom is -0.386 e. The van der Waals surface area contributed by atoms with Crippen LogP contribution < -0.4 is 5.73 Å². The maximum atomic E-state index is 5.54. The maximum Gasteiger partial charge on any atom is 0.0912 e. The second kappa shape index (κ2) is 9.24. The highest BCUT2D eigenvalue weighted by atomic mass is 15.2. The van der Waals surface area contributed by atoms with Crippen LogP contribution in [0, 0.1) is 11.8 Å². The highest BCUT2D eigenvalue weighted by Crippen LogP contribution is 2.16. The summed E-state index contributed by atoms with van der Waals surface area (Å²) >= 11 is 0. The molecular weight excluding hydrogens is 234 g/mol. The maximum absolute atomic E-state index is 5.54. The average Bonchev–Trinajstić information content (AvgIpc) is 2.34. The van der Waals surface area contributed by atoms with E-state index in [1.807, 2.05) is 0 Å². The van der Waals surface area contributed by atoms with Gasteiger partial charge in [-0.05, 0) is 57.7 Å². The highest BCUT2D eigenvalue weighted by molar-refractivity contribution is 4.88. The van der Waals surface area contributed by atoms with E-state index in [1.165, 1.54) is 38.8 Å². The van der Waals surface area contributed by atoms with Crippen LogP contribution in [0.3, 0.4) is 0 Å². The Bertz CT molecular complexity index is 226. The molecule has 2 heterocycles. The molecule has 2 aliphatic heterocycles. The summed E-state index contributed by atoms with van der Waals surface area (Å²) in [5.41, 5.74) is 5.54. The van der Waals surface area contributed by atoms with Gasteiger partial charge in [0.25, 0.3) is 0 Å². The van der Waals surface area contributed by atoms with E-state index in [2.05, 4.69) is 37.3 Å². The zero-order chi connectivity index (χ0) is 13.5. The molecule has 0 spiro atoms. The largest absolute Gasteiger partial charge is 0.386 e. The first-order chi connectivity index (χ1) is 8.49. The second-order valence-electron chi connectivity index (χ2n) is 6.15. The van der Waals surface area contributed by atoms with Crippen LogP contribution in [0.2, 0.25) is 0 Å². The molecule has 0 radical (unpaired) electrons. The molecule has 19 heavy (non-hydrogen) atoms. The Morgan fingerprint density at radius 3 is 1.63 bits per heavy atom. The predicted octanol–water partition coefficient (Wildman–Crippen LogP) is 3.13. The summed E-state index contributed by atoms with van der Waals surface area (Å²) < 4.78 is 0. The fourth-order valence-corrected chi connectivity index (χ4v) is 2.43. The minimum absolute atomic E-state index is 0. The number of piperidine rings is 2. The van der Waals surface area contributed by atoms with Gasteiger partial charge in [-0.1, -0.05) is 27.9 Å². The van der Waals surface area contributed by atoms with Gasteiger partial charge in [-0.3, -0.25) is 0 Å². The molecule has 0 bridgehead atoms. The van der Waals surface area contributed by atoms with Crippen molar-refractivity contribution in [1.29, 1.82) is 0 Å². The molecule has 114 valence electrons. The van der Waals surface area contributed by atoms with Crippen molar-refractivity contribution >= 4 is 0 Å². The topological polar surface area (TPSA) is 32.5 Å². The van der Waals surface area contributed by atoms with Crippen molar-refractivity contribution in [1.82, 2.24) is 9.80 Å². The normalized spacial score (nSPS) is 22.2. The van der Waals surface area contributed by atoms with E-state index in [0.29, 0.717) is 0 Å². The van der Waals surface area contributed by atoms with Crippen LogP contribution >= 0.6 is 0 Å². The standard InChI is InChI=1S/C8H16N2.C7H15N.CH4/c1-7-3-5-10(6-4-7)8(2)9;1-7-3-5-8(2)6-4-7;/h7H,2-6,9H2,1H3;7H,3-6H2,1-2H3;1H4. The average molecular weight is 269 g/mol. The first kappa shape index (κ1) is 18.3. The van der Waals surface area contributed by atoms with Crippen LogP contribution in [0.4, 0.5) is 0 Å². The summed E-state index contributed by atoms with van der Waals surface area (Å²) in [6.45, 7) is 13.1. The van der Waals surface area contributed by atoms with Crippen molar-refractivity contribution in [2.24, 2.45) is 17.6 Å². The van der Waals surface area contributed by atoms with Gasteiger partial charge in [-0.15, -0.1) is 0 Å². The third kappa shape index (κ3) is 7.46. The van der Waals surface area contributed by atoms with E-state index in [0.717, 1.165) is 30.7 Å². The quantitative estimate of drug-likeness (QED) is 0.794. The summed E-state index contributed by atoms with van der Waals surface area (Å²) in [7, 11) is 2.20. The molecule has 3 nitrogen and oxygen atoms in total. The Kier molecular flexibility index (Phi) is 8.90. The van der Waals surface area contributed by atoms with E-state index >= 15 is 0 Å². The third-order valence-corrected chi connectivity index (χ3v) is 4.20. The lowest BCUT2D eigenvalue weighted by Crippen LogP contribution is -2.34. The molecule has 0 aromatic carbocycles. The van der Waals surface area contributed by atoms with Gasteiger partial charge in [-0.2, -0.15) is 0 Å². The molecule has 2 N–H and O–H groups in total. The molecule has 0 aromatic rings. The smallest absolute Gasteiger partial charge is 0.0912 e. The van der Waals surface area contributed by atoms with E-state index in [9.17, 15) is 0 Å². The van der Waals surface area contributed by atoms with E-state index in [4.69, 9.17) is 5.73 Å². The van der Waals surface area contributed by atoms with Crippen LogP contribution in [0.25, 0.3) is 0 Å². The zero-order valence-electron chi connectivity index (χ0n) is 12.5. The lowest BCUT2D eigenvalue weighted by atomic mass is 9.99. The third-order valence-electron chi connectivity index (χ3n) is 4.20. The molecule has 2 rings (SSSR count). The fraction of sp³-hybridized carbons (Fsp3) is 0.875. The van der Waals surface area contributed by atoms with Gasteiger partial charge in [0, 0.05) is 13.1 Å². The summed E-state index contributed by atoms with van der Waals surface area (Å²) in [4.78, 5) is 4.56. The van der Waals surface area contributed by atoms with E-state index < -0.39 is 0 Å². The van der Waals surface area contributed by atoms with Crippen LogP contribution in [-0.4, -0.2) is 43.0 Å². The predicted molar refractivity (Wildman–Crippen MR) is 85.9 cm³/mol. The minimum atomic E-state index is 0. The van der Waals surface area contributed by atoms with E-state index in [-0.39, 0.29) is 7.43 Å². The van der Waals surface area contributed by atoms with Crippen molar-refractivity contribution in [3.63, 3.8) is 0 Å². The fourth-order valence-electron chi connectivity index (χ4n) is 2.43.